The van der Waals surface area contributed by atoms with Crippen LogP contribution in [0.4, 0.5) is 5.82 Å². The predicted molar refractivity (Wildman–Crippen MR) is 82.6 cm³/mol. The molecule has 1 amide bonds. The lowest BCUT2D eigenvalue weighted by atomic mass is 10.2. The van der Waals surface area contributed by atoms with Crippen molar-refractivity contribution in [1.82, 2.24) is 15.2 Å². The number of amides is 1. The average Bonchev–Trinajstić information content (AvgIpc) is 2.98. The largest absolute Gasteiger partial charge is 0.376 e. The highest BCUT2D eigenvalue weighted by Crippen LogP contribution is 2.13. The molecule has 6 heteroatoms. The van der Waals surface area contributed by atoms with Gasteiger partial charge in [0.15, 0.2) is 0 Å². The van der Waals surface area contributed by atoms with Crippen LogP contribution in [0.5, 0.6) is 0 Å². The van der Waals surface area contributed by atoms with Crippen LogP contribution >= 0.6 is 0 Å². The molecule has 1 saturated heterocycles. The molecule has 1 aliphatic heterocycles. The molecule has 0 aliphatic carbocycles. The van der Waals surface area contributed by atoms with Crippen molar-refractivity contribution in [1.29, 1.82) is 0 Å². The minimum absolute atomic E-state index is 0.0879. The summed E-state index contributed by atoms with van der Waals surface area (Å²) in [5, 5.41) is 6.10. The third kappa shape index (κ3) is 5.32. The number of ether oxygens (including phenoxy) is 1. The second-order valence-electron chi connectivity index (χ2n) is 5.51. The number of rotatable bonds is 7. The fourth-order valence-corrected chi connectivity index (χ4v) is 2.15. The van der Waals surface area contributed by atoms with Gasteiger partial charge in [-0.15, -0.1) is 0 Å². The number of carbonyl (C=O) groups excluding carboxylic acids is 1. The number of anilines is 1. The molecule has 1 unspecified atom stereocenters. The van der Waals surface area contributed by atoms with Gasteiger partial charge in [0.25, 0.3) is 5.91 Å². The molecular weight excluding hydrogens is 268 g/mol. The van der Waals surface area contributed by atoms with Gasteiger partial charge < -0.3 is 20.3 Å². The van der Waals surface area contributed by atoms with Crippen LogP contribution in [0.2, 0.25) is 0 Å². The maximum atomic E-state index is 11.9. The molecule has 116 valence electrons. The van der Waals surface area contributed by atoms with Crippen LogP contribution in [0, 0.1) is 0 Å². The predicted octanol–water partition coefficient (Wildman–Crippen LogP) is 0.964. The van der Waals surface area contributed by atoms with Crippen LogP contribution in [0.15, 0.2) is 18.3 Å². The van der Waals surface area contributed by atoms with Crippen LogP contribution < -0.4 is 10.6 Å². The Kier molecular flexibility index (Phi) is 5.95. The molecule has 1 aliphatic rings. The summed E-state index contributed by atoms with van der Waals surface area (Å²) in [6.45, 7) is 3.07. The highest BCUT2D eigenvalue weighted by Gasteiger charge is 2.15. The Morgan fingerprint density at radius 2 is 2.33 bits per heavy atom. The summed E-state index contributed by atoms with van der Waals surface area (Å²) in [4.78, 5) is 18.2. The second kappa shape index (κ2) is 7.95. The molecule has 6 nitrogen and oxygen atoms in total. The van der Waals surface area contributed by atoms with Gasteiger partial charge in [-0.3, -0.25) is 4.79 Å². The van der Waals surface area contributed by atoms with Crippen LogP contribution in [-0.2, 0) is 4.74 Å². The number of hydrogen-bond acceptors (Lipinski definition) is 5. The molecule has 2 N–H and O–H groups in total. The van der Waals surface area contributed by atoms with E-state index in [1.165, 1.54) is 0 Å². The summed E-state index contributed by atoms with van der Waals surface area (Å²) < 4.78 is 5.54. The van der Waals surface area contributed by atoms with Gasteiger partial charge in [0.05, 0.1) is 11.7 Å². The van der Waals surface area contributed by atoms with Crippen molar-refractivity contribution in [2.75, 3.05) is 45.7 Å². The lowest BCUT2D eigenvalue weighted by Crippen LogP contribution is -2.31. The molecule has 1 aromatic rings. The average molecular weight is 292 g/mol. The van der Waals surface area contributed by atoms with Crippen LogP contribution in [-0.4, -0.2) is 62.2 Å². The van der Waals surface area contributed by atoms with Gasteiger partial charge in [-0.05, 0) is 39.1 Å². The van der Waals surface area contributed by atoms with E-state index in [1.807, 2.05) is 25.1 Å². The molecule has 0 aromatic carbocycles. The quantitative estimate of drug-likeness (QED) is 0.784. The van der Waals surface area contributed by atoms with Crippen molar-refractivity contribution in [3.8, 4) is 0 Å². The Balaban J connectivity index is 1.76. The number of pyridine rings is 1. The maximum Gasteiger partial charge on any atom is 0.252 e. The Bertz CT molecular complexity index is 441. The topological polar surface area (TPSA) is 66.5 Å². The molecule has 0 saturated carbocycles. The first-order valence-electron chi connectivity index (χ1n) is 7.39. The summed E-state index contributed by atoms with van der Waals surface area (Å²) in [6.07, 6.45) is 4.11. The Hall–Kier alpha value is -1.66. The first kappa shape index (κ1) is 15.7. The van der Waals surface area contributed by atoms with Gasteiger partial charge in [0.2, 0.25) is 0 Å². The van der Waals surface area contributed by atoms with Crippen LogP contribution in [0.3, 0.4) is 0 Å². The highest BCUT2D eigenvalue weighted by atomic mass is 16.5. The van der Waals surface area contributed by atoms with E-state index in [4.69, 9.17) is 4.74 Å². The third-order valence-corrected chi connectivity index (χ3v) is 3.41. The second-order valence-corrected chi connectivity index (χ2v) is 5.51. The van der Waals surface area contributed by atoms with Gasteiger partial charge in [-0.2, -0.15) is 0 Å². The Morgan fingerprint density at radius 1 is 1.48 bits per heavy atom. The first-order valence-corrected chi connectivity index (χ1v) is 7.39. The fraction of sp³-hybridized carbons (Fsp3) is 0.600. The smallest absolute Gasteiger partial charge is 0.252 e. The van der Waals surface area contributed by atoms with E-state index in [-0.39, 0.29) is 12.0 Å². The number of carbonyl (C=O) groups is 1. The number of aromatic nitrogens is 1. The van der Waals surface area contributed by atoms with E-state index in [0.717, 1.165) is 38.4 Å². The summed E-state index contributed by atoms with van der Waals surface area (Å²) in [5.41, 5.74) is 0.580. The molecule has 21 heavy (non-hydrogen) atoms. The minimum atomic E-state index is -0.0879. The number of nitrogens with one attached hydrogen (secondary N) is 2. The SMILES string of the molecule is CN(C)CCNC(=O)c1ccc(NCC2CCCO2)nc1. The van der Waals surface area contributed by atoms with Gasteiger partial charge in [0, 0.05) is 32.4 Å². The van der Waals surface area contributed by atoms with Crippen molar-refractivity contribution in [2.45, 2.75) is 18.9 Å². The number of nitrogens with zero attached hydrogens (tertiary/aromatic N) is 2. The molecule has 2 rings (SSSR count). The first-order chi connectivity index (χ1) is 10.1. The Morgan fingerprint density at radius 3 is 2.95 bits per heavy atom. The van der Waals surface area contributed by atoms with Crippen molar-refractivity contribution in [3.05, 3.63) is 23.9 Å². The van der Waals surface area contributed by atoms with Crippen molar-refractivity contribution >= 4 is 11.7 Å². The Labute approximate surface area is 125 Å². The molecule has 1 fully saturated rings. The third-order valence-electron chi connectivity index (χ3n) is 3.41. The standard InChI is InChI=1S/C15H24N4O2/c1-19(2)8-7-16-15(20)12-5-6-14(17-10-12)18-11-13-4-3-9-21-13/h5-6,10,13H,3-4,7-9,11H2,1-2H3,(H,16,20)(H,17,18). The molecule has 0 bridgehead atoms. The molecule has 0 radical (unpaired) electrons. The summed E-state index contributed by atoms with van der Waals surface area (Å²) in [7, 11) is 3.95. The lowest BCUT2D eigenvalue weighted by molar-refractivity contribution is 0.0950. The normalized spacial score (nSPS) is 18.0. The number of hydrogen-bond donors (Lipinski definition) is 2. The van der Waals surface area contributed by atoms with Crippen molar-refractivity contribution < 1.29 is 9.53 Å². The molecule has 1 aromatic heterocycles. The van der Waals surface area contributed by atoms with Crippen molar-refractivity contribution in [2.24, 2.45) is 0 Å². The van der Waals surface area contributed by atoms with E-state index >= 15 is 0 Å². The zero-order chi connectivity index (χ0) is 15.1. The van der Waals surface area contributed by atoms with Crippen LogP contribution in [0.1, 0.15) is 23.2 Å². The van der Waals surface area contributed by atoms with Gasteiger partial charge in [-0.25, -0.2) is 4.98 Å². The maximum absolute atomic E-state index is 11.9. The summed E-state index contributed by atoms with van der Waals surface area (Å²) in [6, 6.07) is 3.62. The molecule has 0 spiro atoms. The monoisotopic (exact) mass is 292 g/mol. The number of likely N-dealkylation sites (N-methyl/N-ethyl adjacent to an activating group) is 1. The molecular formula is C15H24N4O2. The van der Waals surface area contributed by atoms with Crippen LogP contribution in [0.25, 0.3) is 0 Å². The van der Waals surface area contributed by atoms with Crippen molar-refractivity contribution in [3.63, 3.8) is 0 Å². The van der Waals surface area contributed by atoms with Gasteiger partial charge >= 0.3 is 0 Å². The minimum Gasteiger partial charge on any atom is -0.376 e. The molecule has 2 heterocycles. The van der Waals surface area contributed by atoms with E-state index in [1.54, 1.807) is 12.3 Å². The highest BCUT2D eigenvalue weighted by molar-refractivity contribution is 5.94. The van der Waals surface area contributed by atoms with E-state index in [9.17, 15) is 4.79 Å². The van der Waals surface area contributed by atoms with E-state index in [2.05, 4.69) is 15.6 Å². The van der Waals surface area contributed by atoms with E-state index in [0.29, 0.717) is 12.1 Å². The zero-order valence-corrected chi connectivity index (χ0v) is 12.8. The van der Waals surface area contributed by atoms with Gasteiger partial charge in [0.1, 0.15) is 5.82 Å². The van der Waals surface area contributed by atoms with E-state index < -0.39 is 0 Å². The molecule has 1 atom stereocenters. The summed E-state index contributed by atoms with van der Waals surface area (Å²) in [5.74, 6) is 0.686. The zero-order valence-electron chi connectivity index (χ0n) is 12.8. The van der Waals surface area contributed by atoms with Gasteiger partial charge in [-0.1, -0.05) is 0 Å². The fourth-order valence-electron chi connectivity index (χ4n) is 2.15. The lowest BCUT2D eigenvalue weighted by Gasteiger charge is -2.12. The summed E-state index contributed by atoms with van der Waals surface area (Å²) >= 11 is 0.